The minimum atomic E-state index is -1.07. The lowest BCUT2D eigenvalue weighted by Crippen LogP contribution is -2.50. The summed E-state index contributed by atoms with van der Waals surface area (Å²) in [5, 5.41) is 14.0. The van der Waals surface area contributed by atoms with Crippen LogP contribution in [0.3, 0.4) is 0 Å². The molecule has 8 heteroatoms. The van der Waals surface area contributed by atoms with Gasteiger partial charge in [-0.3, -0.25) is 4.79 Å². The Labute approximate surface area is 123 Å². The second kappa shape index (κ2) is 10.4. The number of hydrogen-bond acceptors (Lipinski definition) is 4. The molecule has 0 bridgehead atoms. The summed E-state index contributed by atoms with van der Waals surface area (Å²) < 4.78 is 0. The summed E-state index contributed by atoms with van der Waals surface area (Å²) in [4.78, 5) is 35.8. The van der Waals surface area contributed by atoms with Crippen LogP contribution in [0.2, 0.25) is 0 Å². The lowest BCUT2D eigenvalue weighted by atomic mass is 10.2. The molecule has 3 amide bonds. The Morgan fingerprint density at radius 2 is 2.00 bits per heavy atom. The number of aliphatic carboxylic acids is 1. The van der Waals surface area contributed by atoms with Gasteiger partial charge in [-0.2, -0.15) is 11.8 Å². The molecule has 0 radical (unpaired) electrons. The van der Waals surface area contributed by atoms with E-state index in [0.29, 0.717) is 25.1 Å². The van der Waals surface area contributed by atoms with Crippen LogP contribution in [0.1, 0.15) is 19.8 Å². The van der Waals surface area contributed by atoms with Gasteiger partial charge in [0.1, 0.15) is 12.6 Å². The van der Waals surface area contributed by atoms with Crippen LogP contribution in [0, 0.1) is 0 Å². The van der Waals surface area contributed by atoms with Gasteiger partial charge in [0.15, 0.2) is 0 Å². The number of nitrogens with zero attached hydrogens (tertiary/aromatic N) is 1. The van der Waals surface area contributed by atoms with Crippen LogP contribution < -0.4 is 10.6 Å². The molecule has 0 aromatic heterocycles. The van der Waals surface area contributed by atoms with Crippen molar-refractivity contribution in [3.05, 3.63) is 0 Å². The third-order valence-corrected chi connectivity index (χ3v) is 3.24. The van der Waals surface area contributed by atoms with Crippen LogP contribution in [0.15, 0.2) is 0 Å². The highest BCUT2D eigenvalue weighted by atomic mass is 32.2. The van der Waals surface area contributed by atoms with E-state index in [0.717, 1.165) is 0 Å². The number of carboxylic acids is 1. The van der Waals surface area contributed by atoms with Crippen LogP contribution in [0.25, 0.3) is 0 Å². The van der Waals surface area contributed by atoms with Crippen molar-refractivity contribution in [3.63, 3.8) is 0 Å². The maximum absolute atomic E-state index is 12.0. The van der Waals surface area contributed by atoms with Crippen LogP contribution in [-0.4, -0.2) is 66.1 Å². The Morgan fingerprint density at radius 3 is 2.45 bits per heavy atom. The molecule has 0 aromatic carbocycles. The second-order valence-electron chi connectivity index (χ2n) is 4.22. The lowest BCUT2D eigenvalue weighted by molar-refractivity contribution is -0.139. The summed E-state index contributed by atoms with van der Waals surface area (Å²) in [5.74, 6) is -0.714. The lowest BCUT2D eigenvalue weighted by Gasteiger charge is -2.24. The van der Waals surface area contributed by atoms with E-state index in [1.165, 1.54) is 23.7 Å². The zero-order chi connectivity index (χ0) is 15.5. The first kappa shape index (κ1) is 18.6. The van der Waals surface area contributed by atoms with Gasteiger partial charge >= 0.3 is 12.0 Å². The van der Waals surface area contributed by atoms with E-state index in [1.807, 2.05) is 13.2 Å². The number of rotatable bonds is 9. The van der Waals surface area contributed by atoms with E-state index in [2.05, 4.69) is 10.6 Å². The van der Waals surface area contributed by atoms with Crippen molar-refractivity contribution in [2.75, 3.05) is 32.1 Å². The molecule has 116 valence electrons. The molecule has 1 atom stereocenters. The van der Waals surface area contributed by atoms with Gasteiger partial charge in [-0.05, 0) is 24.9 Å². The predicted octanol–water partition coefficient (Wildman–Crippen LogP) is 0.360. The fourth-order valence-corrected chi connectivity index (χ4v) is 1.98. The van der Waals surface area contributed by atoms with Crippen LogP contribution in [0.4, 0.5) is 4.79 Å². The highest BCUT2D eigenvalue weighted by Gasteiger charge is 2.23. The number of carbonyl (C=O) groups excluding carboxylic acids is 2. The summed E-state index contributed by atoms with van der Waals surface area (Å²) in [6, 6.07) is -1.46. The molecule has 0 saturated carbocycles. The van der Waals surface area contributed by atoms with E-state index < -0.39 is 18.0 Å². The maximum Gasteiger partial charge on any atom is 0.326 e. The third kappa shape index (κ3) is 7.22. The van der Waals surface area contributed by atoms with Crippen molar-refractivity contribution in [2.24, 2.45) is 0 Å². The van der Waals surface area contributed by atoms with Crippen LogP contribution in [-0.2, 0) is 9.59 Å². The van der Waals surface area contributed by atoms with E-state index in [4.69, 9.17) is 5.11 Å². The van der Waals surface area contributed by atoms with Crippen molar-refractivity contribution < 1.29 is 19.5 Å². The molecular weight excluding hydrogens is 282 g/mol. The standard InChI is InChI=1S/C12H23N3O4S/c1-4-6-15(8-10(16)13-2)12(19)14-9(11(17)18)5-7-20-3/h9H,4-8H2,1-3H3,(H,13,16)(H,14,19)(H,17,18). The molecule has 7 nitrogen and oxygen atoms in total. The summed E-state index contributed by atoms with van der Waals surface area (Å²) in [7, 11) is 1.49. The summed E-state index contributed by atoms with van der Waals surface area (Å²) in [6.07, 6.45) is 2.91. The highest BCUT2D eigenvalue weighted by molar-refractivity contribution is 7.98. The molecule has 0 heterocycles. The minimum absolute atomic E-state index is 0.0783. The number of urea groups is 1. The van der Waals surface area contributed by atoms with Gasteiger partial charge in [-0.25, -0.2) is 9.59 Å². The normalized spacial score (nSPS) is 11.6. The molecule has 0 aromatic rings. The monoisotopic (exact) mass is 305 g/mol. The van der Waals surface area contributed by atoms with E-state index in [1.54, 1.807) is 0 Å². The van der Waals surface area contributed by atoms with E-state index in [-0.39, 0.29) is 12.5 Å². The average molecular weight is 305 g/mol. The fourth-order valence-electron chi connectivity index (χ4n) is 1.51. The highest BCUT2D eigenvalue weighted by Crippen LogP contribution is 2.02. The summed E-state index contributed by atoms with van der Waals surface area (Å²) >= 11 is 1.52. The van der Waals surface area contributed by atoms with Gasteiger partial charge in [-0.1, -0.05) is 6.92 Å². The Bertz CT molecular complexity index is 339. The van der Waals surface area contributed by atoms with Gasteiger partial charge < -0.3 is 20.6 Å². The van der Waals surface area contributed by atoms with Crippen molar-refractivity contribution in [1.82, 2.24) is 15.5 Å². The summed E-state index contributed by atoms with van der Waals surface area (Å²) in [5.41, 5.74) is 0. The van der Waals surface area contributed by atoms with E-state index in [9.17, 15) is 14.4 Å². The SMILES string of the molecule is CCCN(CC(=O)NC)C(=O)NC(CCSC)C(=O)O. The average Bonchev–Trinajstić information content (AvgIpc) is 2.42. The van der Waals surface area contributed by atoms with Crippen molar-refractivity contribution in [1.29, 1.82) is 0 Å². The molecule has 0 fully saturated rings. The molecule has 1 unspecified atom stereocenters. The molecule has 0 aliphatic carbocycles. The van der Waals surface area contributed by atoms with Gasteiger partial charge in [0.05, 0.1) is 0 Å². The third-order valence-electron chi connectivity index (χ3n) is 2.60. The van der Waals surface area contributed by atoms with Gasteiger partial charge in [0.2, 0.25) is 5.91 Å². The number of likely N-dealkylation sites (N-methyl/N-ethyl adjacent to an activating group) is 1. The first-order valence-electron chi connectivity index (χ1n) is 6.44. The predicted molar refractivity (Wildman–Crippen MR) is 78.9 cm³/mol. The van der Waals surface area contributed by atoms with Crippen molar-refractivity contribution in [3.8, 4) is 0 Å². The fraction of sp³-hybridized carbons (Fsp3) is 0.750. The Kier molecular flexibility index (Phi) is 9.61. The molecule has 0 aliphatic rings. The second-order valence-corrected chi connectivity index (χ2v) is 5.20. The first-order chi connectivity index (χ1) is 9.46. The molecular formula is C12H23N3O4S. The Morgan fingerprint density at radius 1 is 1.35 bits per heavy atom. The van der Waals surface area contributed by atoms with Crippen molar-refractivity contribution >= 4 is 29.7 Å². The zero-order valence-corrected chi connectivity index (χ0v) is 13.0. The number of carbonyl (C=O) groups is 3. The molecule has 0 aliphatic heterocycles. The maximum atomic E-state index is 12.0. The van der Waals surface area contributed by atoms with Gasteiger partial charge in [0, 0.05) is 13.6 Å². The number of carboxylic acid groups (broad SMARTS) is 1. The van der Waals surface area contributed by atoms with Crippen molar-refractivity contribution in [2.45, 2.75) is 25.8 Å². The number of hydrogen-bond donors (Lipinski definition) is 3. The Hall–Kier alpha value is -1.44. The number of thioether (sulfide) groups is 1. The first-order valence-corrected chi connectivity index (χ1v) is 7.83. The molecule has 0 saturated heterocycles. The molecule has 3 N–H and O–H groups in total. The zero-order valence-electron chi connectivity index (χ0n) is 12.1. The topological polar surface area (TPSA) is 98.7 Å². The Balaban J connectivity index is 4.61. The number of nitrogens with one attached hydrogen (secondary N) is 2. The smallest absolute Gasteiger partial charge is 0.326 e. The summed E-state index contributed by atoms with van der Waals surface area (Å²) in [6.45, 7) is 2.20. The van der Waals surface area contributed by atoms with Crippen LogP contribution >= 0.6 is 11.8 Å². The van der Waals surface area contributed by atoms with Gasteiger partial charge in [0.25, 0.3) is 0 Å². The van der Waals surface area contributed by atoms with Crippen LogP contribution in [0.5, 0.6) is 0 Å². The molecule has 20 heavy (non-hydrogen) atoms. The van der Waals surface area contributed by atoms with Gasteiger partial charge in [-0.15, -0.1) is 0 Å². The quantitative estimate of drug-likeness (QED) is 0.571. The molecule has 0 spiro atoms. The minimum Gasteiger partial charge on any atom is -0.480 e. The van der Waals surface area contributed by atoms with E-state index >= 15 is 0 Å². The molecule has 0 rings (SSSR count). The largest absolute Gasteiger partial charge is 0.480 e. The number of amides is 3.